The Morgan fingerprint density at radius 3 is 2.90 bits per heavy atom. The number of likely N-dealkylation sites (N-methyl/N-ethyl adjacent to an activating group) is 1. The minimum Gasteiger partial charge on any atom is -0.335 e. The van der Waals surface area contributed by atoms with Crippen molar-refractivity contribution in [2.75, 3.05) is 12.8 Å². The highest BCUT2D eigenvalue weighted by molar-refractivity contribution is 7.99. The number of nitrogens with zero attached hydrogens (tertiary/aromatic N) is 2. The molecule has 1 N–H and O–H groups in total. The van der Waals surface area contributed by atoms with Gasteiger partial charge in [-0.05, 0) is 26.3 Å². The van der Waals surface area contributed by atoms with E-state index in [-0.39, 0.29) is 0 Å². The third-order valence-corrected chi connectivity index (χ3v) is 5.73. The van der Waals surface area contributed by atoms with E-state index in [2.05, 4.69) is 46.8 Å². The average molecular weight is 295 g/mol. The summed E-state index contributed by atoms with van der Waals surface area (Å²) in [6, 6.07) is 0.542. The molecule has 1 heterocycles. The van der Waals surface area contributed by atoms with Gasteiger partial charge < -0.3 is 9.88 Å². The molecule has 0 aromatic carbocycles. The van der Waals surface area contributed by atoms with E-state index >= 15 is 0 Å². The third-order valence-electron chi connectivity index (χ3n) is 4.19. The van der Waals surface area contributed by atoms with E-state index in [1.165, 1.54) is 50.1 Å². The summed E-state index contributed by atoms with van der Waals surface area (Å²) in [7, 11) is 2.08. The molecule has 114 valence electrons. The summed E-state index contributed by atoms with van der Waals surface area (Å²) in [5.41, 5.74) is 0. The molecule has 0 spiro atoms. The summed E-state index contributed by atoms with van der Waals surface area (Å²) in [5, 5.41) is 4.37. The summed E-state index contributed by atoms with van der Waals surface area (Å²) in [5.74, 6) is 2.44. The van der Waals surface area contributed by atoms with Gasteiger partial charge in [0.15, 0.2) is 0 Å². The second-order valence-corrected chi connectivity index (χ2v) is 7.15. The molecule has 1 fully saturated rings. The smallest absolute Gasteiger partial charge is 0.110 e. The van der Waals surface area contributed by atoms with Crippen molar-refractivity contribution in [1.82, 2.24) is 14.9 Å². The van der Waals surface area contributed by atoms with E-state index in [1.54, 1.807) is 0 Å². The number of nitrogens with one attached hydrogen (secondary N) is 1. The van der Waals surface area contributed by atoms with Gasteiger partial charge in [-0.3, -0.25) is 0 Å². The lowest BCUT2D eigenvalue weighted by molar-refractivity contribution is 0.513. The third kappa shape index (κ3) is 4.81. The average Bonchev–Trinajstić information content (AvgIpc) is 2.92. The summed E-state index contributed by atoms with van der Waals surface area (Å²) >= 11 is 2.17. The molecular weight excluding hydrogens is 266 g/mol. The minimum atomic E-state index is 0.542. The fraction of sp³-hybridized carbons (Fsp3) is 0.812. The van der Waals surface area contributed by atoms with Crippen molar-refractivity contribution >= 4 is 11.8 Å². The zero-order valence-corrected chi connectivity index (χ0v) is 13.8. The highest BCUT2D eigenvalue weighted by Gasteiger charge is 2.17. The monoisotopic (exact) mass is 295 g/mol. The van der Waals surface area contributed by atoms with E-state index in [9.17, 15) is 0 Å². The van der Waals surface area contributed by atoms with Gasteiger partial charge in [-0.25, -0.2) is 4.98 Å². The molecule has 0 aliphatic heterocycles. The van der Waals surface area contributed by atoms with Crippen LogP contribution in [0.25, 0.3) is 0 Å². The standard InChI is InChI=1S/C16H29N3S/c1-3-10-19-11-9-18-16(19)12-14(17-2)13-20-15-7-5-4-6-8-15/h9,11,14-15,17H,3-8,10,12-13H2,1-2H3. The normalized spacial score (nSPS) is 18.3. The molecule has 20 heavy (non-hydrogen) atoms. The van der Waals surface area contributed by atoms with Gasteiger partial charge in [0, 0.05) is 42.4 Å². The van der Waals surface area contributed by atoms with Crippen molar-refractivity contribution in [2.24, 2.45) is 0 Å². The van der Waals surface area contributed by atoms with Crippen LogP contribution in [0.2, 0.25) is 0 Å². The van der Waals surface area contributed by atoms with Gasteiger partial charge in [0.05, 0.1) is 0 Å². The van der Waals surface area contributed by atoms with Crippen LogP contribution in [0.4, 0.5) is 0 Å². The van der Waals surface area contributed by atoms with Crippen molar-refractivity contribution in [1.29, 1.82) is 0 Å². The maximum atomic E-state index is 4.53. The van der Waals surface area contributed by atoms with Crippen molar-refractivity contribution in [3.05, 3.63) is 18.2 Å². The Morgan fingerprint density at radius 1 is 1.40 bits per heavy atom. The number of hydrogen-bond acceptors (Lipinski definition) is 3. The van der Waals surface area contributed by atoms with Crippen molar-refractivity contribution < 1.29 is 0 Å². The van der Waals surface area contributed by atoms with Crippen LogP contribution in [0, 0.1) is 0 Å². The first-order valence-corrected chi connectivity index (χ1v) is 9.17. The van der Waals surface area contributed by atoms with Crippen LogP contribution in [0.5, 0.6) is 0 Å². The van der Waals surface area contributed by atoms with E-state index in [4.69, 9.17) is 0 Å². The zero-order chi connectivity index (χ0) is 14.2. The van der Waals surface area contributed by atoms with E-state index < -0.39 is 0 Å². The molecule has 4 heteroatoms. The predicted octanol–water partition coefficient (Wildman–Crippen LogP) is 3.49. The van der Waals surface area contributed by atoms with Crippen molar-refractivity contribution in [2.45, 2.75) is 69.7 Å². The van der Waals surface area contributed by atoms with E-state index in [0.29, 0.717) is 6.04 Å². The Bertz CT molecular complexity index is 372. The highest BCUT2D eigenvalue weighted by atomic mass is 32.2. The summed E-state index contributed by atoms with van der Waals surface area (Å²) in [4.78, 5) is 4.53. The van der Waals surface area contributed by atoms with Crippen LogP contribution in [-0.2, 0) is 13.0 Å². The van der Waals surface area contributed by atoms with Crippen molar-refractivity contribution in [3.8, 4) is 0 Å². The van der Waals surface area contributed by atoms with Gasteiger partial charge in [0.1, 0.15) is 5.82 Å². The number of rotatable bonds is 8. The Balaban J connectivity index is 1.80. The minimum absolute atomic E-state index is 0.542. The first-order valence-electron chi connectivity index (χ1n) is 8.12. The number of thioether (sulfide) groups is 1. The van der Waals surface area contributed by atoms with E-state index in [1.807, 2.05) is 6.20 Å². The summed E-state index contributed by atoms with van der Waals surface area (Å²) < 4.78 is 2.30. The molecule has 0 saturated heterocycles. The van der Waals surface area contributed by atoms with Gasteiger partial charge >= 0.3 is 0 Å². The molecule has 3 nitrogen and oxygen atoms in total. The van der Waals surface area contributed by atoms with Gasteiger partial charge in [0.2, 0.25) is 0 Å². The lowest BCUT2D eigenvalue weighted by Crippen LogP contribution is -2.32. The van der Waals surface area contributed by atoms with Crippen LogP contribution in [0.1, 0.15) is 51.3 Å². The van der Waals surface area contributed by atoms with Crippen LogP contribution in [0.3, 0.4) is 0 Å². The Morgan fingerprint density at radius 2 is 2.20 bits per heavy atom. The van der Waals surface area contributed by atoms with Gasteiger partial charge in [-0.15, -0.1) is 0 Å². The zero-order valence-electron chi connectivity index (χ0n) is 13.0. The van der Waals surface area contributed by atoms with Gasteiger partial charge in [-0.1, -0.05) is 26.2 Å². The van der Waals surface area contributed by atoms with Crippen molar-refractivity contribution in [3.63, 3.8) is 0 Å². The maximum absolute atomic E-state index is 4.53. The Hall–Kier alpha value is -0.480. The maximum Gasteiger partial charge on any atom is 0.110 e. The molecular formula is C16H29N3S. The number of aryl methyl sites for hydroxylation is 1. The summed E-state index contributed by atoms with van der Waals surface area (Å²) in [6.07, 6.45) is 13.4. The number of aromatic nitrogens is 2. The van der Waals surface area contributed by atoms with Gasteiger partial charge in [0.25, 0.3) is 0 Å². The predicted molar refractivity (Wildman–Crippen MR) is 88.4 cm³/mol. The highest BCUT2D eigenvalue weighted by Crippen LogP contribution is 2.28. The quantitative estimate of drug-likeness (QED) is 0.796. The van der Waals surface area contributed by atoms with E-state index in [0.717, 1.165) is 18.2 Å². The first-order chi connectivity index (χ1) is 9.83. The second kappa shape index (κ2) is 8.73. The molecule has 0 bridgehead atoms. The summed E-state index contributed by atoms with van der Waals surface area (Å²) in [6.45, 7) is 3.31. The molecule has 0 amide bonds. The van der Waals surface area contributed by atoms with Gasteiger partial charge in [-0.2, -0.15) is 11.8 Å². The topological polar surface area (TPSA) is 29.9 Å². The molecule has 1 aliphatic carbocycles. The van der Waals surface area contributed by atoms with Crippen LogP contribution >= 0.6 is 11.8 Å². The molecule has 1 aromatic heterocycles. The number of hydrogen-bond donors (Lipinski definition) is 1. The number of imidazole rings is 1. The fourth-order valence-electron chi connectivity index (χ4n) is 2.92. The molecule has 0 radical (unpaired) electrons. The molecule has 1 atom stereocenters. The molecule has 1 saturated carbocycles. The molecule has 2 rings (SSSR count). The van der Waals surface area contributed by atoms with Crippen LogP contribution < -0.4 is 5.32 Å². The lowest BCUT2D eigenvalue weighted by Gasteiger charge is -2.24. The first kappa shape index (κ1) is 15.9. The second-order valence-electron chi connectivity index (χ2n) is 5.82. The SMILES string of the molecule is CCCn1ccnc1CC(CSC1CCCCC1)NC. The molecule has 1 aliphatic rings. The Kier molecular flexibility index (Phi) is 6.94. The largest absolute Gasteiger partial charge is 0.335 e. The molecule has 1 unspecified atom stereocenters. The Labute approximate surface area is 127 Å². The fourth-order valence-corrected chi connectivity index (χ4v) is 4.38. The van der Waals surface area contributed by atoms with Crippen LogP contribution in [0.15, 0.2) is 12.4 Å². The van der Waals surface area contributed by atoms with Crippen LogP contribution in [-0.4, -0.2) is 33.6 Å². The lowest BCUT2D eigenvalue weighted by atomic mass is 10.0. The molecule has 1 aromatic rings.